The van der Waals surface area contributed by atoms with Crippen LogP contribution in [-0.2, 0) is 23.0 Å². The van der Waals surface area contributed by atoms with Gasteiger partial charge in [-0.1, -0.05) is 18.2 Å². The Morgan fingerprint density at radius 1 is 1.00 bits per heavy atom. The van der Waals surface area contributed by atoms with E-state index in [1.165, 1.54) is 16.2 Å². The van der Waals surface area contributed by atoms with E-state index in [0.717, 1.165) is 24.2 Å². The number of aromatic nitrogens is 1. The van der Waals surface area contributed by atoms with E-state index in [2.05, 4.69) is 22.0 Å². The van der Waals surface area contributed by atoms with E-state index < -0.39 is 10.0 Å². The van der Waals surface area contributed by atoms with Crippen LogP contribution >= 0.6 is 0 Å². The summed E-state index contributed by atoms with van der Waals surface area (Å²) in [6, 6.07) is 10.2. The molecule has 8 heteroatoms. The predicted octanol–water partition coefficient (Wildman–Crippen LogP) is 1.36. The molecule has 148 valence electrons. The number of fused-ring (bicyclic) bond motifs is 1. The van der Waals surface area contributed by atoms with Gasteiger partial charge in [0.05, 0.1) is 11.8 Å². The van der Waals surface area contributed by atoms with Gasteiger partial charge < -0.3 is 9.80 Å². The van der Waals surface area contributed by atoms with Crippen LogP contribution in [0, 0.1) is 0 Å². The highest BCUT2D eigenvalue weighted by Crippen LogP contribution is 2.25. The van der Waals surface area contributed by atoms with E-state index >= 15 is 0 Å². The number of para-hydroxylation sites is 1. The summed E-state index contributed by atoms with van der Waals surface area (Å²) in [6.45, 7) is 3.59. The Morgan fingerprint density at radius 3 is 2.39 bits per heavy atom. The van der Waals surface area contributed by atoms with E-state index in [9.17, 15) is 13.2 Å². The highest BCUT2D eigenvalue weighted by Gasteiger charge is 2.29. The maximum atomic E-state index is 13.1. The molecule has 4 rings (SSSR count). The Kier molecular flexibility index (Phi) is 5.07. The Labute approximate surface area is 165 Å². The van der Waals surface area contributed by atoms with Crippen molar-refractivity contribution in [3.63, 3.8) is 0 Å². The zero-order chi connectivity index (χ0) is 19.7. The van der Waals surface area contributed by atoms with Crippen LogP contribution in [0.4, 0.5) is 5.69 Å². The molecule has 1 fully saturated rings. The van der Waals surface area contributed by atoms with Crippen LogP contribution in [0.2, 0.25) is 0 Å². The monoisotopic (exact) mass is 400 g/mol. The summed E-state index contributed by atoms with van der Waals surface area (Å²) in [4.78, 5) is 21.5. The zero-order valence-electron chi connectivity index (χ0n) is 15.9. The number of sulfonamides is 1. The van der Waals surface area contributed by atoms with Gasteiger partial charge in [0.15, 0.2) is 0 Å². The second-order valence-corrected chi connectivity index (χ2v) is 9.27. The van der Waals surface area contributed by atoms with Gasteiger partial charge in [0.25, 0.3) is 5.91 Å². The van der Waals surface area contributed by atoms with Crippen molar-refractivity contribution in [2.24, 2.45) is 0 Å². The van der Waals surface area contributed by atoms with Gasteiger partial charge in [0, 0.05) is 57.3 Å². The van der Waals surface area contributed by atoms with Crippen LogP contribution in [0.5, 0.6) is 0 Å². The van der Waals surface area contributed by atoms with Crippen molar-refractivity contribution in [3.8, 4) is 0 Å². The number of piperazine rings is 1. The second-order valence-electron chi connectivity index (χ2n) is 7.29. The molecule has 2 aliphatic heterocycles. The van der Waals surface area contributed by atoms with Gasteiger partial charge in [0.2, 0.25) is 10.0 Å². The summed E-state index contributed by atoms with van der Waals surface area (Å²) in [5.74, 6) is -0.00938. The van der Waals surface area contributed by atoms with Crippen molar-refractivity contribution in [2.75, 3.05) is 43.9 Å². The van der Waals surface area contributed by atoms with Crippen molar-refractivity contribution in [2.45, 2.75) is 13.0 Å². The van der Waals surface area contributed by atoms with Gasteiger partial charge in [-0.3, -0.25) is 9.78 Å². The first-order chi connectivity index (χ1) is 13.4. The summed E-state index contributed by atoms with van der Waals surface area (Å²) in [6.07, 6.45) is 5.06. The largest absolute Gasteiger partial charge is 0.368 e. The number of carbonyl (C=O) groups excluding carboxylic acids is 1. The van der Waals surface area contributed by atoms with Crippen LogP contribution in [-0.4, -0.2) is 67.5 Å². The Hall–Kier alpha value is -2.45. The lowest BCUT2D eigenvalue weighted by Crippen LogP contribution is -2.49. The molecule has 2 aliphatic rings. The fourth-order valence-corrected chi connectivity index (χ4v) is 4.71. The lowest BCUT2D eigenvalue weighted by atomic mass is 9.97. The summed E-state index contributed by atoms with van der Waals surface area (Å²) in [7, 11) is -3.25. The maximum Gasteiger partial charge on any atom is 0.255 e. The molecule has 7 nitrogen and oxygen atoms in total. The lowest BCUT2D eigenvalue weighted by molar-refractivity contribution is 0.0744. The zero-order valence-corrected chi connectivity index (χ0v) is 16.7. The Morgan fingerprint density at radius 2 is 1.71 bits per heavy atom. The van der Waals surface area contributed by atoms with Crippen molar-refractivity contribution >= 4 is 21.6 Å². The molecule has 1 amide bonds. The molecule has 1 aromatic heterocycles. The summed E-state index contributed by atoms with van der Waals surface area (Å²) >= 11 is 0. The van der Waals surface area contributed by atoms with Gasteiger partial charge in [-0.25, -0.2) is 8.42 Å². The van der Waals surface area contributed by atoms with Crippen LogP contribution in [0.15, 0.2) is 42.7 Å². The number of amides is 1. The number of nitrogens with zero attached hydrogens (tertiary/aromatic N) is 4. The SMILES string of the molecule is CS(=O)(=O)N1CCc2c(cncc2C(=O)N2CCN(c3ccccc3)CC2)C1. The van der Waals surface area contributed by atoms with Gasteiger partial charge in [-0.15, -0.1) is 0 Å². The van der Waals surface area contributed by atoms with Crippen molar-refractivity contribution < 1.29 is 13.2 Å². The van der Waals surface area contributed by atoms with Crippen molar-refractivity contribution in [1.29, 1.82) is 0 Å². The highest BCUT2D eigenvalue weighted by atomic mass is 32.2. The number of hydrogen-bond donors (Lipinski definition) is 0. The molecule has 0 unspecified atom stereocenters. The standard InChI is InChI=1S/C20H24N4O3S/c1-28(26,27)24-8-7-18-16(15-24)13-21-14-19(18)20(25)23-11-9-22(10-12-23)17-5-3-2-4-6-17/h2-6,13-14H,7-12,15H2,1H3. The third kappa shape index (κ3) is 3.74. The summed E-state index contributed by atoms with van der Waals surface area (Å²) < 4.78 is 25.1. The van der Waals surface area contributed by atoms with E-state index in [1.807, 2.05) is 23.1 Å². The number of benzene rings is 1. The molecule has 0 spiro atoms. The third-order valence-corrected chi connectivity index (χ3v) is 6.74. The van der Waals surface area contributed by atoms with Gasteiger partial charge in [-0.05, 0) is 29.7 Å². The molecule has 3 heterocycles. The highest BCUT2D eigenvalue weighted by molar-refractivity contribution is 7.88. The van der Waals surface area contributed by atoms with E-state index in [4.69, 9.17) is 0 Å². The molecule has 0 aliphatic carbocycles. The normalized spacial score (nSPS) is 18.0. The number of anilines is 1. The van der Waals surface area contributed by atoms with Gasteiger partial charge in [0.1, 0.15) is 0 Å². The second kappa shape index (κ2) is 7.52. The topological polar surface area (TPSA) is 73.8 Å². The third-order valence-electron chi connectivity index (χ3n) is 5.49. The Bertz CT molecular complexity index is 970. The molecular formula is C20H24N4O3S. The number of pyridine rings is 1. The van der Waals surface area contributed by atoms with Crippen molar-refractivity contribution in [3.05, 3.63) is 59.4 Å². The molecular weight excluding hydrogens is 376 g/mol. The average molecular weight is 401 g/mol. The van der Waals surface area contributed by atoms with Crippen LogP contribution in [0.25, 0.3) is 0 Å². The molecule has 0 radical (unpaired) electrons. The van der Waals surface area contributed by atoms with Crippen LogP contribution in [0.1, 0.15) is 21.5 Å². The van der Waals surface area contributed by atoms with Crippen LogP contribution < -0.4 is 4.90 Å². The molecule has 2 aromatic rings. The number of carbonyl (C=O) groups is 1. The quantitative estimate of drug-likeness (QED) is 0.778. The van der Waals surface area contributed by atoms with E-state index in [0.29, 0.717) is 31.6 Å². The first-order valence-electron chi connectivity index (χ1n) is 9.43. The first kappa shape index (κ1) is 18.9. The average Bonchev–Trinajstić information content (AvgIpc) is 2.72. The van der Waals surface area contributed by atoms with Crippen molar-refractivity contribution in [1.82, 2.24) is 14.2 Å². The molecule has 1 saturated heterocycles. The molecule has 0 saturated carbocycles. The minimum atomic E-state index is -3.25. The lowest BCUT2D eigenvalue weighted by Gasteiger charge is -2.36. The van der Waals surface area contributed by atoms with Gasteiger partial charge in [-0.2, -0.15) is 4.31 Å². The molecule has 0 atom stereocenters. The molecule has 0 bridgehead atoms. The number of hydrogen-bond acceptors (Lipinski definition) is 5. The summed E-state index contributed by atoms with van der Waals surface area (Å²) in [5, 5.41) is 0. The molecule has 0 N–H and O–H groups in total. The number of rotatable bonds is 3. The minimum Gasteiger partial charge on any atom is -0.368 e. The first-order valence-corrected chi connectivity index (χ1v) is 11.3. The molecule has 1 aromatic carbocycles. The summed E-state index contributed by atoms with van der Waals surface area (Å²) in [5.41, 5.74) is 3.55. The molecule has 28 heavy (non-hydrogen) atoms. The van der Waals surface area contributed by atoms with E-state index in [-0.39, 0.29) is 12.5 Å². The van der Waals surface area contributed by atoms with E-state index in [1.54, 1.807) is 12.4 Å². The Balaban J connectivity index is 1.48. The predicted molar refractivity (Wildman–Crippen MR) is 108 cm³/mol. The smallest absolute Gasteiger partial charge is 0.255 e. The minimum absolute atomic E-state index is 0.00938. The van der Waals surface area contributed by atoms with Crippen LogP contribution in [0.3, 0.4) is 0 Å². The van der Waals surface area contributed by atoms with Gasteiger partial charge >= 0.3 is 0 Å². The fraction of sp³-hybridized carbons (Fsp3) is 0.400. The fourth-order valence-electron chi connectivity index (χ4n) is 3.91. The maximum absolute atomic E-state index is 13.1.